The zero-order chi connectivity index (χ0) is 22.7. The SMILES string of the molecule is COc1cc2ncc3c(N)nc(CCCCc4cncc(C(=N)N)c4)cc3c2cc1OC. The first-order valence-electron chi connectivity index (χ1n) is 10.4. The lowest BCUT2D eigenvalue weighted by molar-refractivity contribution is 0.356. The molecule has 0 bridgehead atoms. The van der Waals surface area contributed by atoms with Gasteiger partial charge in [0, 0.05) is 46.7 Å². The van der Waals surface area contributed by atoms with Crippen LogP contribution in [0.4, 0.5) is 5.82 Å². The Morgan fingerprint density at radius 1 is 0.906 bits per heavy atom. The molecule has 0 fully saturated rings. The highest BCUT2D eigenvalue weighted by Gasteiger charge is 2.12. The van der Waals surface area contributed by atoms with Crippen LogP contribution in [0.3, 0.4) is 0 Å². The summed E-state index contributed by atoms with van der Waals surface area (Å²) in [5, 5.41) is 10.3. The Morgan fingerprint density at radius 3 is 2.41 bits per heavy atom. The van der Waals surface area contributed by atoms with Crippen molar-refractivity contribution in [3.05, 3.63) is 59.7 Å². The first-order chi connectivity index (χ1) is 15.5. The topological polar surface area (TPSA) is 133 Å². The Morgan fingerprint density at radius 2 is 1.66 bits per heavy atom. The summed E-state index contributed by atoms with van der Waals surface area (Å²) < 4.78 is 10.9. The number of nitrogens with one attached hydrogen (secondary N) is 1. The first kappa shape index (κ1) is 21.3. The van der Waals surface area contributed by atoms with Crippen molar-refractivity contribution in [3.63, 3.8) is 0 Å². The van der Waals surface area contributed by atoms with Gasteiger partial charge in [0.1, 0.15) is 11.7 Å². The van der Waals surface area contributed by atoms with E-state index in [1.165, 1.54) is 0 Å². The van der Waals surface area contributed by atoms with Crippen LogP contribution in [0.1, 0.15) is 29.7 Å². The van der Waals surface area contributed by atoms with Crippen LogP contribution < -0.4 is 20.9 Å². The molecule has 0 spiro atoms. The minimum absolute atomic E-state index is 0.0335. The molecule has 0 aliphatic carbocycles. The Hall–Kier alpha value is -3.94. The number of amidine groups is 1. The van der Waals surface area contributed by atoms with E-state index in [-0.39, 0.29) is 5.84 Å². The van der Waals surface area contributed by atoms with Crippen LogP contribution in [-0.2, 0) is 12.8 Å². The van der Waals surface area contributed by atoms with Crippen molar-refractivity contribution in [1.29, 1.82) is 5.41 Å². The van der Waals surface area contributed by atoms with Crippen molar-refractivity contribution in [2.45, 2.75) is 25.7 Å². The molecular weight excluding hydrogens is 404 g/mol. The molecule has 0 saturated heterocycles. The van der Waals surface area contributed by atoms with Crippen molar-refractivity contribution in [2.75, 3.05) is 20.0 Å². The summed E-state index contributed by atoms with van der Waals surface area (Å²) in [5.74, 6) is 1.79. The predicted molar refractivity (Wildman–Crippen MR) is 126 cm³/mol. The summed E-state index contributed by atoms with van der Waals surface area (Å²) >= 11 is 0. The molecule has 0 unspecified atom stereocenters. The first-order valence-corrected chi connectivity index (χ1v) is 10.4. The third-order valence-corrected chi connectivity index (χ3v) is 5.52. The number of nitrogens with two attached hydrogens (primary N) is 2. The molecule has 0 saturated carbocycles. The number of ether oxygens (including phenoxy) is 2. The number of aromatic nitrogens is 3. The van der Waals surface area contributed by atoms with Crippen molar-refractivity contribution >= 4 is 33.3 Å². The zero-order valence-electron chi connectivity index (χ0n) is 18.2. The minimum atomic E-state index is 0.0335. The highest BCUT2D eigenvalue weighted by molar-refractivity contribution is 6.09. The number of rotatable bonds is 8. The Kier molecular flexibility index (Phi) is 6.02. The van der Waals surface area contributed by atoms with Crippen LogP contribution in [0.25, 0.3) is 21.7 Å². The number of methoxy groups -OCH3 is 2. The molecule has 4 rings (SSSR count). The van der Waals surface area contributed by atoms with Crippen molar-refractivity contribution in [3.8, 4) is 11.5 Å². The molecular formula is C24H26N6O2. The Balaban J connectivity index is 1.56. The number of benzene rings is 1. The van der Waals surface area contributed by atoms with Gasteiger partial charge in [0.15, 0.2) is 11.5 Å². The molecule has 1 aromatic carbocycles. The largest absolute Gasteiger partial charge is 0.493 e. The molecule has 0 radical (unpaired) electrons. The van der Waals surface area contributed by atoms with Gasteiger partial charge >= 0.3 is 0 Å². The van der Waals surface area contributed by atoms with Crippen LogP contribution in [-0.4, -0.2) is 35.0 Å². The van der Waals surface area contributed by atoms with E-state index in [9.17, 15) is 0 Å². The van der Waals surface area contributed by atoms with Crippen LogP contribution in [0.15, 0.2) is 42.9 Å². The number of pyridine rings is 3. The lowest BCUT2D eigenvalue weighted by atomic mass is 10.0. The average molecular weight is 431 g/mol. The number of aryl methyl sites for hydroxylation is 2. The monoisotopic (exact) mass is 430 g/mol. The van der Waals surface area contributed by atoms with Gasteiger partial charge in [0.25, 0.3) is 0 Å². The van der Waals surface area contributed by atoms with E-state index >= 15 is 0 Å². The fourth-order valence-corrected chi connectivity index (χ4v) is 3.85. The van der Waals surface area contributed by atoms with Gasteiger partial charge in [-0.05, 0) is 54.8 Å². The highest BCUT2D eigenvalue weighted by atomic mass is 16.5. The standard InChI is InChI=1S/C24H26N6O2/c1-31-21-9-18-17-8-16(6-4-3-5-14-7-15(23(25)26)12-28-11-14)30-24(27)19(17)13-29-20(18)10-22(21)32-2/h7-13H,3-6H2,1-2H3,(H3,25,26)(H2,27,30). The maximum atomic E-state index is 7.55. The van der Waals surface area contributed by atoms with E-state index in [1.807, 2.05) is 24.4 Å². The van der Waals surface area contributed by atoms with Gasteiger partial charge in [0.05, 0.1) is 19.7 Å². The van der Waals surface area contributed by atoms with E-state index < -0.39 is 0 Å². The molecule has 8 nitrogen and oxygen atoms in total. The number of nitrogens with zero attached hydrogens (tertiary/aromatic N) is 3. The van der Waals surface area contributed by atoms with Crippen molar-refractivity contribution in [2.24, 2.45) is 5.73 Å². The third-order valence-electron chi connectivity index (χ3n) is 5.52. The molecule has 32 heavy (non-hydrogen) atoms. The second-order valence-electron chi connectivity index (χ2n) is 7.65. The lowest BCUT2D eigenvalue weighted by Crippen LogP contribution is -2.11. The zero-order valence-corrected chi connectivity index (χ0v) is 18.2. The van der Waals surface area contributed by atoms with Gasteiger partial charge in [-0.25, -0.2) is 4.98 Å². The summed E-state index contributed by atoms with van der Waals surface area (Å²) in [6.07, 6.45) is 8.76. The molecule has 0 aliphatic rings. The number of unbranched alkanes of at least 4 members (excludes halogenated alkanes) is 1. The van der Waals surface area contributed by atoms with E-state index in [2.05, 4.69) is 21.0 Å². The molecule has 5 N–H and O–H groups in total. The molecule has 164 valence electrons. The van der Waals surface area contributed by atoms with Crippen LogP contribution in [0, 0.1) is 5.41 Å². The van der Waals surface area contributed by atoms with E-state index in [1.54, 1.807) is 26.6 Å². The fraction of sp³-hybridized carbons (Fsp3) is 0.250. The van der Waals surface area contributed by atoms with Gasteiger partial charge in [-0.1, -0.05) is 0 Å². The maximum Gasteiger partial charge on any atom is 0.162 e. The summed E-state index contributed by atoms with van der Waals surface area (Å²) in [7, 11) is 3.22. The van der Waals surface area contributed by atoms with Gasteiger partial charge in [-0.15, -0.1) is 0 Å². The Bertz CT molecular complexity index is 1300. The summed E-state index contributed by atoms with van der Waals surface area (Å²) in [4.78, 5) is 13.3. The van der Waals surface area contributed by atoms with Crippen LogP contribution >= 0.6 is 0 Å². The molecule has 0 aliphatic heterocycles. The van der Waals surface area contributed by atoms with E-state index in [0.717, 1.165) is 58.6 Å². The molecule has 3 heterocycles. The average Bonchev–Trinajstić information content (AvgIpc) is 2.81. The fourth-order valence-electron chi connectivity index (χ4n) is 3.85. The quantitative estimate of drug-likeness (QED) is 0.168. The lowest BCUT2D eigenvalue weighted by Gasteiger charge is -2.12. The molecule has 0 amide bonds. The minimum Gasteiger partial charge on any atom is -0.493 e. The van der Waals surface area contributed by atoms with Gasteiger partial charge in [-0.2, -0.15) is 0 Å². The summed E-state index contributed by atoms with van der Waals surface area (Å²) in [6, 6.07) is 7.80. The maximum absolute atomic E-state index is 7.55. The number of anilines is 1. The van der Waals surface area contributed by atoms with E-state index in [4.69, 9.17) is 26.4 Å². The molecule has 4 aromatic rings. The summed E-state index contributed by atoms with van der Waals surface area (Å²) in [6.45, 7) is 0. The normalized spacial score (nSPS) is 11.1. The molecule has 8 heteroatoms. The number of nitrogen functional groups attached to an aromatic ring is 2. The van der Waals surface area contributed by atoms with Crippen molar-refractivity contribution < 1.29 is 9.47 Å². The number of hydrogen-bond acceptors (Lipinski definition) is 7. The smallest absolute Gasteiger partial charge is 0.162 e. The summed E-state index contributed by atoms with van der Waals surface area (Å²) in [5.41, 5.74) is 15.3. The second kappa shape index (κ2) is 9.05. The number of hydrogen-bond donors (Lipinski definition) is 3. The predicted octanol–water partition coefficient (Wildman–Crippen LogP) is 3.63. The third kappa shape index (κ3) is 4.25. The Labute approximate surface area is 186 Å². The van der Waals surface area contributed by atoms with Crippen molar-refractivity contribution in [1.82, 2.24) is 15.0 Å². The van der Waals surface area contributed by atoms with Gasteiger partial charge in [-0.3, -0.25) is 15.4 Å². The van der Waals surface area contributed by atoms with Crippen LogP contribution in [0.5, 0.6) is 11.5 Å². The van der Waals surface area contributed by atoms with Crippen LogP contribution in [0.2, 0.25) is 0 Å². The molecule has 0 atom stereocenters. The van der Waals surface area contributed by atoms with Gasteiger partial charge in [0.2, 0.25) is 0 Å². The highest BCUT2D eigenvalue weighted by Crippen LogP contribution is 2.35. The van der Waals surface area contributed by atoms with Gasteiger partial charge < -0.3 is 20.9 Å². The van der Waals surface area contributed by atoms with E-state index in [0.29, 0.717) is 22.9 Å². The second-order valence-corrected chi connectivity index (χ2v) is 7.65. The number of fused-ring (bicyclic) bond motifs is 3. The molecule has 3 aromatic heterocycles.